The van der Waals surface area contributed by atoms with E-state index < -0.39 is 15.6 Å². The molecule has 19 heavy (non-hydrogen) atoms. The number of nitrogens with zero attached hydrogens (tertiary/aromatic N) is 1. The van der Waals surface area contributed by atoms with Crippen LogP contribution in [0.2, 0.25) is 0 Å². The van der Waals surface area contributed by atoms with Gasteiger partial charge in [-0.05, 0) is 0 Å². The number of rotatable bonds is 1. The molecule has 0 spiro atoms. The number of ether oxygens (including phenoxy) is 1. The zero-order valence-corrected chi connectivity index (χ0v) is 11.0. The van der Waals surface area contributed by atoms with Gasteiger partial charge in [0.15, 0.2) is 22.1 Å². The number of hydrogen-bond acceptors (Lipinski definition) is 5. The van der Waals surface area contributed by atoms with E-state index in [9.17, 15) is 18.3 Å². The van der Waals surface area contributed by atoms with E-state index in [2.05, 4.69) is 0 Å². The largest absolute Gasteiger partial charge is 0.741 e. The molecule has 0 amide bonds. The van der Waals surface area contributed by atoms with Crippen molar-refractivity contribution in [3.05, 3.63) is 18.0 Å². The average Bonchev–Trinajstić information content (AvgIpc) is 2.24. The van der Waals surface area contributed by atoms with Crippen LogP contribution in [0, 0.1) is 6.92 Å². The molecule has 0 radical (unpaired) electrons. The minimum absolute atomic E-state index is 0.206. The van der Waals surface area contributed by atoms with Crippen LogP contribution in [-0.2, 0) is 17.2 Å². The van der Waals surface area contributed by atoms with Crippen molar-refractivity contribution in [3.8, 4) is 11.5 Å². The quantitative estimate of drug-likeness (QED) is 0.466. The van der Waals surface area contributed by atoms with Gasteiger partial charge in [0.25, 0.3) is 0 Å². The second kappa shape index (κ2) is 6.06. The fourth-order valence-corrected chi connectivity index (χ4v) is 0.880. The third-order valence-electron chi connectivity index (χ3n) is 2.06. The molecule has 0 aliphatic heterocycles. The van der Waals surface area contributed by atoms with Crippen LogP contribution in [0.15, 0.2) is 12.3 Å². The van der Waals surface area contributed by atoms with E-state index in [-0.39, 0.29) is 5.75 Å². The first-order valence-corrected chi connectivity index (χ1v) is 6.07. The van der Waals surface area contributed by atoms with Crippen LogP contribution in [0.3, 0.4) is 0 Å². The first-order valence-electron chi connectivity index (χ1n) is 4.66. The van der Waals surface area contributed by atoms with E-state index in [0.717, 1.165) is 5.69 Å². The number of hydrogen-bond donors (Lipinski definition) is 1. The standard InChI is InChI=1S/C8H11NO2.CHF3O3S/c1-6-8(10)7(11-3)4-5-9(6)2;2-1(3,4)8(5,6)7/h4-5H,1-3H3;(H,5,6,7). The Kier molecular flexibility index (Phi) is 5.57. The third kappa shape index (κ3) is 4.91. The van der Waals surface area contributed by atoms with Gasteiger partial charge in [-0.2, -0.15) is 13.2 Å². The molecule has 0 fully saturated rings. The average molecular weight is 303 g/mol. The second-order valence-corrected chi connectivity index (χ2v) is 4.70. The van der Waals surface area contributed by atoms with Gasteiger partial charge >= 0.3 is 5.51 Å². The Balaban J connectivity index is 0.000000362. The predicted octanol–water partition coefficient (Wildman–Crippen LogP) is 0.585. The van der Waals surface area contributed by atoms with Gasteiger partial charge in [0.1, 0.15) is 7.05 Å². The van der Waals surface area contributed by atoms with Crippen LogP contribution >= 0.6 is 0 Å². The molecule has 0 bridgehead atoms. The van der Waals surface area contributed by atoms with Crippen molar-refractivity contribution in [1.82, 2.24) is 0 Å². The van der Waals surface area contributed by atoms with Gasteiger partial charge in [0, 0.05) is 13.0 Å². The number of halogens is 3. The highest BCUT2D eigenvalue weighted by molar-refractivity contribution is 7.86. The topological polar surface area (TPSA) is 90.5 Å². The summed E-state index contributed by atoms with van der Waals surface area (Å²) in [6.07, 6.45) is 1.84. The number of pyridine rings is 1. The molecule has 0 saturated carbocycles. The zero-order chi connectivity index (χ0) is 15.4. The van der Waals surface area contributed by atoms with Crippen molar-refractivity contribution >= 4 is 10.1 Å². The fraction of sp³-hybridized carbons (Fsp3) is 0.444. The molecule has 6 nitrogen and oxygen atoms in total. The smallest absolute Gasteiger partial charge is 0.485 e. The lowest BCUT2D eigenvalue weighted by Gasteiger charge is -2.08. The number of alkyl halides is 3. The van der Waals surface area contributed by atoms with Crippen molar-refractivity contribution in [2.24, 2.45) is 7.05 Å². The maximum atomic E-state index is 10.7. The Morgan fingerprint density at radius 3 is 2.16 bits per heavy atom. The lowest BCUT2D eigenvalue weighted by molar-refractivity contribution is -0.678. The molecular weight excluding hydrogens is 291 g/mol. The maximum absolute atomic E-state index is 10.7. The molecule has 0 atom stereocenters. The molecule has 1 aromatic heterocycles. The summed E-state index contributed by atoms with van der Waals surface area (Å²) in [5.41, 5.74) is -4.85. The van der Waals surface area contributed by atoms with Crippen molar-refractivity contribution in [2.45, 2.75) is 12.4 Å². The summed E-state index contributed by atoms with van der Waals surface area (Å²) in [6, 6.07) is 1.72. The van der Waals surface area contributed by atoms with Gasteiger partial charge in [-0.15, -0.1) is 0 Å². The number of aryl methyl sites for hydroxylation is 1. The van der Waals surface area contributed by atoms with Crippen LogP contribution in [0.1, 0.15) is 5.69 Å². The normalized spacial score (nSPS) is 11.5. The SMILES string of the molecule is COc1cc[n+](C)c(C)c1O.O=S(=O)([O-])C(F)(F)F. The Hall–Kier alpha value is -1.55. The summed E-state index contributed by atoms with van der Waals surface area (Å²) in [4.78, 5) is 0. The van der Waals surface area contributed by atoms with Crippen LogP contribution in [0.4, 0.5) is 13.2 Å². The van der Waals surface area contributed by atoms with Gasteiger partial charge in [-0.25, -0.2) is 13.0 Å². The van der Waals surface area contributed by atoms with Gasteiger partial charge in [0.05, 0.1) is 7.11 Å². The third-order valence-corrected chi connectivity index (χ3v) is 2.63. The van der Waals surface area contributed by atoms with Crippen LogP contribution in [-0.4, -0.2) is 30.7 Å². The highest BCUT2D eigenvalue weighted by Crippen LogP contribution is 2.25. The van der Waals surface area contributed by atoms with Crippen LogP contribution in [0.25, 0.3) is 0 Å². The zero-order valence-electron chi connectivity index (χ0n) is 10.2. The van der Waals surface area contributed by atoms with Crippen molar-refractivity contribution < 1.29 is 40.6 Å². The minimum Gasteiger partial charge on any atom is -0.741 e. The molecular formula is C9H12F3NO5S. The lowest BCUT2D eigenvalue weighted by atomic mass is 10.3. The molecule has 0 unspecified atom stereocenters. The van der Waals surface area contributed by atoms with Crippen molar-refractivity contribution in [3.63, 3.8) is 0 Å². The Morgan fingerprint density at radius 1 is 1.42 bits per heavy atom. The van der Waals surface area contributed by atoms with Crippen molar-refractivity contribution in [2.75, 3.05) is 7.11 Å². The summed E-state index contributed by atoms with van der Waals surface area (Å²) in [6.45, 7) is 1.83. The van der Waals surface area contributed by atoms with Crippen LogP contribution < -0.4 is 9.30 Å². The Labute approximate surface area is 107 Å². The summed E-state index contributed by atoms with van der Waals surface area (Å²) in [5, 5.41) is 9.43. The van der Waals surface area contributed by atoms with Gasteiger partial charge < -0.3 is 14.4 Å². The maximum Gasteiger partial charge on any atom is 0.485 e. The molecule has 110 valence electrons. The van der Waals surface area contributed by atoms with Gasteiger partial charge in [-0.1, -0.05) is 0 Å². The van der Waals surface area contributed by atoms with E-state index in [1.54, 1.807) is 6.07 Å². The summed E-state index contributed by atoms with van der Waals surface area (Å²) >= 11 is 0. The molecule has 0 aliphatic rings. The van der Waals surface area contributed by atoms with E-state index in [1.165, 1.54) is 7.11 Å². The molecule has 0 aromatic carbocycles. The molecule has 1 aromatic rings. The summed E-state index contributed by atoms with van der Waals surface area (Å²) < 4.78 is 65.7. The van der Waals surface area contributed by atoms with E-state index in [1.807, 2.05) is 24.7 Å². The van der Waals surface area contributed by atoms with E-state index in [0.29, 0.717) is 5.75 Å². The molecule has 10 heteroatoms. The number of methoxy groups -OCH3 is 1. The highest BCUT2D eigenvalue weighted by Gasteiger charge is 2.36. The first-order chi connectivity index (χ1) is 8.41. The van der Waals surface area contributed by atoms with E-state index in [4.69, 9.17) is 17.7 Å². The van der Waals surface area contributed by atoms with Gasteiger partial charge in [-0.3, -0.25) is 0 Å². The van der Waals surface area contributed by atoms with E-state index >= 15 is 0 Å². The molecule has 0 saturated heterocycles. The molecule has 1 N–H and O–H groups in total. The predicted molar refractivity (Wildman–Crippen MR) is 56.3 cm³/mol. The summed E-state index contributed by atoms with van der Waals surface area (Å²) in [7, 11) is -2.68. The monoisotopic (exact) mass is 303 g/mol. The van der Waals surface area contributed by atoms with Gasteiger partial charge in [0.2, 0.25) is 11.4 Å². The highest BCUT2D eigenvalue weighted by atomic mass is 32.2. The van der Waals surface area contributed by atoms with Crippen LogP contribution in [0.5, 0.6) is 11.5 Å². The molecule has 1 rings (SSSR count). The number of aromatic hydroxyl groups is 1. The molecule has 1 heterocycles. The first kappa shape index (κ1) is 17.4. The fourth-order valence-electron chi connectivity index (χ4n) is 0.880. The van der Waals surface area contributed by atoms with Crippen molar-refractivity contribution in [1.29, 1.82) is 0 Å². The minimum atomic E-state index is -6.09. The Bertz CT molecular complexity index is 542. The number of aromatic nitrogens is 1. The Morgan fingerprint density at radius 2 is 1.84 bits per heavy atom. The summed E-state index contributed by atoms with van der Waals surface area (Å²) in [5.74, 6) is 0.720. The lowest BCUT2D eigenvalue weighted by Crippen LogP contribution is -2.30. The molecule has 0 aliphatic carbocycles. The second-order valence-electron chi connectivity index (χ2n) is 3.33.